The summed E-state index contributed by atoms with van der Waals surface area (Å²) in [6.07, 6.45) is 11.7. The van der Waals surface area contributed by atoms with Crippen molar-refractivity contribution in [2.24, 2.45) is 0 Å². The van der Waals surface area contributed by atoms with Gasteiger partial charge in [0, 0.05) is 5.82 Å². The lowest BCUT2D eigenvalue weighted by Gasteiger charge is -2.29. The predicted molar refractivity (Wildman–Crippen MR) is 65.9 cm³/mol. The Bertz CT molecular complexity index is 255. The van der Waals surface area contributed by atoms with Crippen LogP contribution >= 0.6 is 0 Å². The van der Waals surface area contributed by atoms with Gasteiger partial charge in [0.05, 0.1) is 5.60 Å². The normalized spacial score (nSPS) is 22.8. The van der Waals surface area contributed by atoms with E-state index in [1.54, 1.807) is 24.3 Å². The summed E-state index contributed by atoms with van der Waals surface area (Å²) in [6, 6.07) is 0. The third kappa shape index (κ3) is 4.12. The molecule has 3 N–H and O–H groups in total. The zero-order valence-electron chi connectivity index (χ0n) is 9.84. The molecule has 1 saturated carbocycles. The fraction of sp³-hybridized carbons (Fsp3) is 0.667. The van der Waals surface area contributed by atoms with Crippen LogP contribution in [0.25, 0.3) is 0 Å². The van der Waals surface area contributed by atoms with Gasteiger partial charge in [0.1, 0.15) is 0 Å². The first kappa shape index (κ1) is 13.5. The van der Waals surface area contributed by atoms with Crippen LogP contribution < -0.4 is 0 Å². The Hall–Kier alpha value is -0.575. The summed E-state index contributed by atoms with van der Waals surface area (Å²) in [6.45, 7) is 1.83. The number of hydrogen-bond acceptors (Lipinski definition) is 3. The first-order chi connectivity index (χ1) is 7.57. The highest BCUT2D eigenvalue weighted by molar-refractivity contribution is 6.44. The fourth-order valence-electron chi connectivity index (χ4n) is 2.11. The molecule has 1 aliphatic rings. The number of rotatable bonds is 4. The summed E-state index contributed by atoms with van der Waals surface area (Å²) in [5.74, 6) is -0.434. The zero-order valence-corrected chi connectivity index (χ0v) is 9.84. The average Bonchev–Trinajstić information content (AvgIpc) is 2.25. The largest absolute Gasteiger partial charge is 0.462 e. The minimum absolute atomic E-state index is 0.434. The highest BCUT2D eigenvalue weighted by Crippen LogP contribution is 2.30. The Morgan fingerprint density at radius 1 is 1.12 bits per heavy atom. The van der Waals surface area contributed by atoms with Gasteiger partial charge in [-0.05, 0) is 19.8 Å². The van der Waals surface area contributed by atoms with Crippen LogP contribution in [0, 0.1) is 0 Å². The van der Waals surface area contributed by atoms with Crippen molar-refractivity contribution in [3.05, 3.63) is 24.3 Å². The molecule has 0 aromatic carbocycles. The summed E-state index contributed by atoms with van der Waals surface area (Å²) in [5.41, 5.74) is -0.743. The molecule has 4 heteroatoms. The molecule has 1 rings (SSSR count). The molecule has 0 spiro atoms. The monoisotopic (exact) mass is 224 g/mol. The lowest BCUT2D eigenvalue weighted by molar-refractivity contribution is 0.0511. The van der Waals surface area contributed by atoms with Crippen LogP contribution in [-0.2, 0) is 0 Å². The van der Waals surface area contributed by atoms with E-state index >= 15 is 0 Å². The van der Waals surface area contributed by atoms with E-state index in [0.717, 1.165) is 25.7 Å². The minimum atomic E-state index is -1.40. The maximum absolute atomic E-state index is 10.2. The Morgan fingerprint density at radius 2 is 1.75 bits per heavy atom. The van der Waals surface area contributed by atoms with Gasteiger partial charge in [-0.1, -0.05) is 43.6 Å². The van der Waals surface area contributed by atoms with E-state index in [1.165, 1.54) is 6.42 Å². The van der Waals surface area contributed by atoms with Gasteiger partial charge in [0.2, 0.25) is 0 Å². The molecule has 1 atom stereocenters. The minimum Gasteiger partial charge on any atom is -0.426 e. The molecule has 0 heterocycles. The van der Waals surface area contributed by atoms with Crippen LogP contribution in [0.5, 0.6) is 0 Å². The molecule has 3 nitrogen and oxygen atoms in total. The summed E-state index contributed by atoms with van der Waals surface area (Å²) >= 11 is 0. The average molecular weight is 224 g/mol. The van der Waals surface area contributed by atoms with Crippen LogP contribution in [0.4, 0.5) is 0 Å². The van der Waals surface area contributed by atoms with Crippen molar-refractivity contribution >= 4 is 7.12 Å². The Morgan fingerprint density at radius 3 is 2.25 bits per heavy atom. The molecule has 1 aliphatic carbocycles. The van der Waals surface area contributed by atoms with Gasteiger partial charge >= 0.3 is 7.12 Å². The SMILES string of the molecule is C/C=C/C(/C=C/C1(O)CCCCC1)B(O)O. The molecule has 16 heavy (non-hydrogen) atoms. The van der Waals surface area contributed by atoms with Crippen molar-refractivity contribution in [1.82, 2.24) is 0 Å². The van der Waals surface area contributed by atoms with E-state index in [-0.39, 0.29) is 0 Å². The van der Waals surface area contributed by atoms with Crippen LogP contribution in [0.2, 0.25) is 5.82 Å². The predicted octanol–water partition coefficient (Wildman–Crippen LogP) is 1.66. The highest BCUT2D eigenvalue weighted by atomic mass is 16.4. The molecular weight excluding hydrogens is 203 g/mol. The zero-order chi connectivity index (χ0) is 12.0. The summed E-state index contributed by atoms with van der Waals surface area (Å²) in [7, 11) is -1.40. The van der Waals surface area contributed by atoms with Gasteiger partial charge < -0.3 is 15.2 Å². The van der Waals surface area contributed by atoms with E-state index < -0.39 is 18.5 Å². The molecule has 0 amide bonds. The second kappa shape index (κ2) is 6.23. The van der Waals surface area contributed by atoms with Crippen molar-refractivity contribution in [2.45, 2.75) is 50.4 Å². The van der Waals surface area contributed by atoms with Crippen LogP contribution in [0.1, 0.15) is 39.0 Å². The molecule has 0 aromatic rings. The van der Waals surface area contributed by atoms with E-state index in [1.807, 2.05) is 6.92 Å². The maximum Gasteiger partial charge on any atom is 0.462 e. The fourth-order valence-corrected chi connectivity index (χ4v) is 2.11. The molecular formula is C12H21BO3. The number of hydrogen-bond donors (Lipinski definition) is 3. The second-order valence-electron chi connectivity index (χ2n) is 4.54. The Labute approximate surface area is 97.6 Å². The van der Waals surface area contributed by atoms with Gasteiger partial charge in [0.25, 0.3) is 0 Å². The second-order valence-corrected chi connectivity index (χ2v) is 4.54. The molecule has 90 valence electrons. The van der Waals surface area contributed by atoms with Gasteiger partial charge in [-0.15, -0.1) is 0 Å². The molecule has 0 radical (unpaired) electrons. The van der Waals surface area contributed by atoms with Crippen molar-refractivity contribution in [2.75, 3.05) is 0 Å². The number of aliphatic hydroxyl groups is 1. The van der Waals surface area contributed by atoms with Crippen LogP contribution in [0.15, 0.2) is 24.3 Å². The Kier molecular flexibility index (Phi) is 5.25. The molecule has 0 aliphatic heterocycles. The van der Waals surface area contributed by atoms with E-state index in [2.05, 4.69) is 0 Å². The van der Waals surface area contributed by atoms with Crippen molar-refractivity contribution in [3.63, 3.8) is 0 Å². The summed E-state index contributed by atoms with van der Waals surface area (Å²) in [4.78, 5) is 0. The first-order valence-electron chi connectivity index (χ1n) is 5.98. The van der Waals surface area contributed by atoms with Gasteiger partial charge in [-0.25, -0.2) is 0 Å². The lowest BCUT2D eigenvalue weighted by Crippen LogP contribution is -2.29. The van der Waals surface area contributed by atoms with Gasteiger partial charge in [-0.3, -0.25) is 0 Å². The van der Waals surface area contributed by atoms with Gasteiger partial charge in [-0.2, -0.15) is 0 Å². The molecule has 1 fully saturated rings. The highest BCUT2D eigenvalue weighted by Gasteiger charge is 2.27. The lowest BCUT2D eigenvalue weighted by atomic mass is 9.71. The number of allylic oxidation sites excluding steroid dienone is 3. The first-order valence-corrected chi connectivity index (χ1v) is 5.98. The molecule has 1 unspecified atom stereocenters. The molecule has 0 aromatic heterocycles. The van der Waals surface area contributed by atoms with E-state index in [9.17, 15) is 5.11 Å². The third-order valence-electron chi connectivity index (χ3n) is 3.11. The smallest absolute Gasteiger partial charge is 0.426 e. The quantitative estimate of drug-likeness (QED) is 0.502. The van der Waals surface area contributed by atoms with Crippen LogP contribution in [0.3, 0.4) is 0 Å². The topological polar surface area (TPSA) is 60.7 Å². The summed E-state index contributed by atoms with van der Waals surface area (Å²) in [5, 5.41) is 28.5. The third-order valence-corrected chi connectivity index (χ3v) is 3.11. The summed E-state index contributed by atoms with van der Waals surface area (Å²) < 4.78 is 0. The van der Waals surface area contributed by atoms with E-state index in [0.29, 0.717) is 0 Å². The van der Waals surface area contributed by atoms with Crippen molar-refractivity contribution < 1.29 is 15.2 Å². The van der Waals surface area contributed by atoms with Crippen molar-refractivity contribution in [1.29, 1.82) is 0 Å². The molecule has 0 bridgehead atoms. The van der Waals surface area contributed by atoms with Gasteiger partial charge in [0.15, 0.2) is 0 Å². The van der Waals surface area contributed by atoms with Crippen molar-refractivity contribution in [3.8, 4) is 0 Å². The maximum atomic E-state index is 10.2. The Balaban J connectivity index is 2.61. The van der Waals surface area contributed by atoms with Crippen LogP contribution in [-0.4, -0.2) is 27.9 Å². The molecule has 0 saturated heterocycles. The standard InChI is InChI=1S/C12H21BO3/c1-2-6-11(13(15)16)7-10-12(14)8-4-3-5-9-12/h2,6-7,10-11,14-16H,3-5,8-9H2,1H3/b6-2+,10-7+. The van der Waals surface area contributed by atoms with E-state index in [4.69, 9.17) is 10.0 Å².